The lowest BCUT2D eigenvalue weighted by Crippen LogP contribution is -2.43. The average Bonchev–Trinajstić information content (AvgIpc) is 2.88. The number of aromatic nitrogens is 3. The zero-order chi connectivity index (χ0) is 18.9. The number of aryl methyl sites for hydroxylation is 2. The minimum Gasteiger partial charge on any atom is -0.347 e. The van der Waals surface area contributed by atoms with Crippen LogP contribution in [0.3, 0.4) is 0 Å². The van der Waals surface area contributed by atoms with Gasteiger partial charge >= 0.3 is 0 Å². The summed E-state index contributed by atoms with van der Waals surface area (Å²) in [6, 6.07) is 11.8. The molecule has 0 saturated heterocycles. The quantitative estimate of drug-likeness (QED) is 0.748. The van der Waals surface area contributed by atoms with Gasteiger partial charge in [0.15, 0.2) is 5.65 Å². The highest BCUT2D eigenvalue weighted by atomic mass is 16.1. The summed E-state index contributed by atoms with van der Waals surface area (Å²) in [6.45, 7) is 8.15. The standard InChI is InChI=1S/C21H26N4O/c1-6-12-21(3,4)23-20(26)16-13-17(15-10-8-7-9-11-15)22-19-18(16)14(2)24-25(19)5/h7-11,13H,6,12H2,1-5H3,(H,23,26). The molecule has 0 spiro atoms. The van der Waals surface area contributed by atoms with E-state index in [1.807, 2.05) is 50.4 Å². The number of carbonyl (C=O) groups is 1. The predicted molar refractivity (Wildman–Crippen MR) is 105 cm³/mol. The molecule has 26 heavy (non-hydrogen) atoms. The second-order valence-corrected chi connectivity index (χ2v) is 7.42. The number of benzene rings is 1. The van der Waals surface area contributed by atoms with Gasteiger partial charge in [-0.3, -0.25) is 9.48 Å². The highest BCUT2D eigenvalue weighted by Gasteiger charge is 2.24. The minimum absolute atomic E-state index is 0.0795. The highest BCUT2D eigenvalue weighted by Crippen LogP contribution is 2.27. The molecule has 3 rings (SSSR count). The van der Waals surface area contributed by atoms with E-state index in [2.05, 4.69) is 31.2 Å². The second-order valence-electron chi connectivity index (χ2n) is 7.42. The molecule has 5 nitrogen and oxygen atoms in total. The Morgan fingerprint density at radius 3 is 2.58 bits per heavy atom. The van der Waals surface area contributed by atoms with Crippen LogP contribution in [0.1, 0.15) is 49.7 Å². The van der Waals surface area contributed by atoms with Crippen LogP contribution in [0.25, 0.3) is 22.3 Å². The van der Waals surface area contributed by atoms with E-state index in [1.54, 1.807) is 4.68 Å². The summed E-state index contributed by atoms with van der Waals surface area (Å²) in [6.07, 6.45) is 1.94. The number of carbonyl (C=O) groups excluding carboxylic acids is 1. The molecule has 0 saturated carbocycles. The van der Waals surface area contributed by atoms with E-state index in [9.17, 15) is 4.79 Å². The monoisotopic (exact) mass is 350 g/mol. The number of amides is 1. The molecule has 1 aromatic carbocycles. The van der Waals surface area contributed by atoms with Gasteiger partial charge in [-0.2, -0.15) is 5.10 Å². The van der Waals surface area contributed by atoms with Gasteiger partial charge in [-0.25, -0.2) is 4.98 Å². The van der Waals surface area contributed by atoms with Crippen LogP contribution in [0, 0.1) is 6.92 Å². The SMILES string of the molecule is CCCC(C)(C)NC(=O)c1cc(-c2ccccc2)nc2c1c(C)nn2C. The number of pyridine rings is 1. The molecular formula is C21H26N4O. The normalized spacial score (nSPS) is 11.7. The summed E-state index contributed by atoms with van der Waals surface area (Å²) in [5.74, 6) is -0.0795. The molecule has 0 aliphatic carbocycles. The first-order chi connectivity index (χ1) is 12.3. The molecule has 0 aliphatic rings. The van der Waals surface area contributed by atoms with Crippen LogP contribution in [0.4, 0.5) is 0 Å². The lowest BCUT2D eigenvalue weighted by Gasteiger charge is -2.26. The fourth-order valence-electron chi connectivity index (χ4n) is 3.44. The van der Waals surface area contributed by atoms with Crippen LogP contribution in [0.15, 0.2) is 36.4 Å². The van der Waals surface area contributed by atoms with Crippen LogP contribution in [-0.2, 0) is 7.05 Å². The number of hydrogen-bond acceptors (Lipinski definition) is 3. The topological polar surface area (TPSA) is 59.8 Å². The number of nitrogens with zero attached hydrogens (tertiary/aromatic N) is 3. The van der Waals surface area contributed by atoms with Crippen molar-refractivity contribution in [2.75, 3.05) is 0 Å². The zero-order valence-electron chi connectivity index (χ0n) is 16.1. The van der Waals surface area contributed by atoms with Gasteiger partial charge in [-0.1, -0.05) is 43.7 Å². The molecule has 0 fully saturated rings. The molecule has 5 heteroatoms. The van der Waals surface area contributed by atoms with E-state index in [-0.39, 0.29) is 11.4 Å². The van der Waals surface area contributed by atoms with Crippen molar-refractivity contribution in [2.45, 2.75) is 46.1 Å². The molecule has 0 bridgehead atoms. The zero-order valence-corrected chi connectivity index (χ0v) is 16.1. The van der Waals surface area contributed by atoms with Gasteiger partial charge in [0.2, 0.25) is 0 Å². The van der Waals surface area contributed by atoms with Crippen LogP contribution in [-0.4, -0.2) is 26.2 Å². The van der Waals surface area contributed by atoms with E-state index in [0.717, 1.165) is 40.8 Å². The molecule has 0 aliphatic heterocycles. The largest absolute Gasteiger partial charge is 0.347 e. The Labute approximate surface area is 154 Å². The van der Waals surface area contributed by atoms with Crippen molar-refractivity contribution in [3.63, 3.8) is 0 Å². The first-order valence-electron chi connectivity index (χ1n) is 9.04. The van der Waals surface area contributed by atoms with Crippen molar-refractivity contribution < 1.29 is 4.79 Å². The van der Waals surface area contributed by atoms with Gasteiger partial charge < -0.3 is 5.32 Å². The number of nitrogens with one attached hydrogen (secondary N) is 1. The molecule has 3 aromatic rings. The Hall–Kier alpha value is -2.69. The first kappa shape index (κ1) is 18.1. The van der Waals surface area contributed by atoms with Crippen molar-refractivity contribution in [2.24, 2.45) is 7.05 Å². The predicted octanol–water partition coefficient (Wildman–Crippen LogP) is 4.25. The maximum Gasteiger partial charge on any atom is 0.252 e. The highest BCUT2D eigenvalue weighted by molar-refractivity contribution is 6.07. The molecule has 0 radical (unpaired) electrons. The molecule has 1 N–H and O–H groups in total. The van der Waals surface area contributed by atoms with Crippen LogP contribution in [0.2, 0.25) is 0 Å². The van der Waals surface area contributed by atoms with Crippen molar-refractivity contribution >= 4 is 16.9 Å². The average molecular weight is 350 g/mol. The van der Waals surface area contributed by atoms with Crippen molar-refractivity contribution in [1.29, 1.82) is 0 Å². The third kappa shape index (κ3) is 3.47. The summed E-state index contributed by atoms with van der Waals surface area (Å²) in [5, 5.41) is 8.47. The number of fused-ring (bicyclic) bond motifs is 1. The summed E-state index contributed by atoms with van der Waals surface area (Å²) < 4.78 is 1.74. The van der Waals surface area contributed by atoms with E-state index in [1.165, 1.54) is 0 Å². The summed E-state index contributed by atoms with van der Waals surface area (Å²) >= 11 is 0. The number of rotatable bonds is 5. The van der Waals surface area contributed by atoms with Gasteiger partial charge in [0.1, 0.15) is 0 Å². The van der Waals surface area contributed by atoms with Crippen LogP contribution < -0.4 is 5.32 Å². The van der Waals surface area contributed by atoms with E-state index >= 15 is 0 Å². The van der Waals surface area contributed by atoms with Gasteiger partial charge in [-0.05, 0) is 33.3 Å². The Balaban J connectivity index is 2.15. The Morgan fingerprint density at radius 2 is 1.92 bits per heavy atom. The second kappa shape index (κ2) is 6.90. The maximum atomic E-state index is 13.1. The van der Waals surface area contributed by atoms with Crippen LogP contribution >= 0.6 is 0 Å². The third-order valence-electron chi connectivity index (χ3n) is 4.61. The number of hydrogen-bond donors (Lipinski definition) is 1. The van der Waals surface area contributed by atoms with E-state index in [0.29, 0.717) is 5.56 Å². The Morgan fingerprint density at radius 1 is 1.23 bits per heavy atom. The summed E-state index contributed by atoms with van der Waals surface area (Å²) in [7, 11) is 1.86. The van der Waals surface area contributed by atoms with E-state index < -0.39 is 0 Å². The van der Waals surface area contributed by atoms with Crippen molar-refractivity contribution in [3.05, 3.63) is 47.7 Å². The molecular weight excluding hydrogens is 324 g/mol. The summed E-state index contributed by atoms with van der Waals surface area (Å²) in [4.78, 5) is 17.9. The van der Waals surface area contributed by atoms with Gasteiger partial charge in [0.05, 0.1) is 22.3 Å². The van der Waals surface area contributed by atoms with Gasteiger partial charge in [0, 0.05) is 18.2 Å². The third-order valence-corrected chi connectivity index (χ3v) is 4.61. The minimum atomic E-state index is -0.259. The fourth-order valence-corrected chi connectivity index (χ4v) is 3.44. The Kier molecular flexibility index (Phi) is 4.81. The van der Waals surface area contributed by atoms with Crippen LogP contribution in [0.5, 0.6) is 0 Å². The van der Waals surface area contributed by atoms with E-state index in [4.69, 9.17) is 4.98 Å². The molecule has 0 unspecified atom stereocenters. The van der Waals surface area contributed by atoms with Crippen molar-refractivity contribution in [3.8, 4) is 11.3 Å². The molecule has 2 aromatic heterocycles. The van der Waals surface area contributed by atoms with Gasteiger partial charge in [0.25, 0.3) is 5.91 Å². The maximum absolute atomic E-state index is 13.1. The fraction of sp³-hybridized carbons (Fsp3) is 0.381. The smallest absolute Gasteiger partial charge is 0.252 e. The van der Waals surface area contributed by atoms with Gasteiger partial charge in [-0.15, -0.1) is 0 Å². The Bertz CT molecular complexity index is 942. The molecule has 136 valence electrons. The van der Waals surface area contributed by atoms with Crippen molar-refractivity contribution in [1.82, 2.24) is 20.1 Å². The molecule has 1 amide bonds. The summed E-state index contributed by atoms with van der Waals surface area (Å²) in [5.41, 5.74) is 3.67. The lowest BCUT2D eigenvalue weighted by atomic mass is 9.97. The lowest BCUT2D eigenvalue weighted by molar-refractivity contribution is 0.0910. The first-order valence-corrected chi connectivity index (χ1v) is 9.04. The molecule has 0 atom stereocenters. The molecule has 2 heterocycles.